The highest BCUT2D eigenvalue weighted by molar-refractivity contribution is 7.99. The van der Waals surface area contributed by atoms with Gasteiger partial charge in [0.2, 0.25) is 5.91 Å². The van der Waals surface area contributed by atoms with Gasteiger partial charge >= 0.3 is 6.09 Å². The molecule has 168 valence electrons. The van der Waals surface area contributed by atoms with Crippen molar-refractivity contribution in [1.82, 2.24) is 10.6 Å². The fourth-order valence-electron chi connectivity index (χ4n) is 3.39. The minimum Gasteiger partial charge on any atom is -0.497 e. The largest absolute Gasteiger partial charge is 0.497 e. The van der Waals surface area contributed by atoms with Gasteiger partial charge in [0, 0.05) is 12.3 Å². The summed E-state index contributed by atoms with van der Waals surface area (Å²) in [5.74, 6) is 2.84. The van der Waals surface area contributed by atoms with Crippen molar-refractivity contribution >= 4 is 23.8 Å². The molecule has 1 aliphatic carbocycles. The number of carbonyl (C=O) groups is 2. The Kier molecular flexibility index (Phi) is 9.82. The summed E-state index contributed by atoms with van der Waals surface area (Å²) in [5, 5.41) is 5.68. The molecule has 0 saturated heterocycles. The molecule has 1 aliphatic rings. The Morgan fingerprint density at radius 2 is 1.80 bits per heavy atom. The lowest BCUT2D eigenvalue weighted by molar-refractivity contribution is -0.122. The normalized spacial score (nSPS) is 15.9. The second-order valence-corrected chi connectivity index (χ2v) is 9.88. The first-order valence-electron chi connectivity index (χ1n) is 10.7. The van der Waals surface area contributed by atoms with Crippen molar-refractivity contribution in [2.75, 3.05) is 18.6 Å². The lowest BCUT2D eigenvalue weighted by Gasteiger charge is -2.24. The van der Waals surface area contributed by atoms with Crippen LogP contribution in [0, 0.1) is 5.92 Å². The van der Waals surface area contributed by atoms with Gasteiger partial charge in [-0.25, -0.2) is 4.79 Å². The molecule has 2 N–H and O–H groups in total. The molecule has 0 unspecified atom stereocenters. The van der Waals surface area contributed by atoms with Crippen molar-refractivity contribution in [2.45, 2.75) is 71.1 Å². The average molecular weight is 437 g/mol. The lowest BCUT2D eigenvalue weighted by Crippen LogP contribution is -2.49. The molecule has 2 rings (SSSR count). The molecule has 1 fully saturated rings. The molecule has 2 amide bonds. The molecule has 7 heteroatoms. The molecular formula is C23H36N2O4S. The zero-order chi connectivity index (χ0) is 22.0. The maximum atomic E-state index is 12.8. The number of hydrogen-bond acceptors (Lipinski definition) is 5. The van der Waals surface area contributed by atoms with E-state index in [4.69, 9.17) is 9.47 Å². The van der Waals surface area contributed by atoms with E-state index in [1.807, 2.05) is 45.0 Å². The first kappa shape index (κ1) is 24.4. The third-order valence-corrected chi connectivity index (χ3v) is 6.27. The SMILES string of the molecule is COc1ccc(CNC(=O)[C@@H](CSCC2CCCCC2)NC(=O)OC(C)(C)C)cc1. The van der Waals surface area contributed by atoms with Crippen LogP contribution in [0.15, 0.2) is 24.3 Å². The highest BCUT2D eigenvalue weighted by Crippen LogP contribution is 2.27. The molecule has 1 saturated carbocycles. The van der Waals surface area contributed by atoms with E-state index in [-0.39, 0.29) is 5.91 Å². The predicted octanol–water partition coefficient (Wildman–Crippen LogP) is 4.52. The molecule has 0 bridgehead atoms. The maximum absolute atomic E-state index is 12.8. The lowest BCUT2D eigenvalue weighted by atomic mass is 9.91. The van der Waals surface area contributed by atoms with Crippen LogP contribution in [0.4, 0.5) is 4.79 Å². The van der Waals surface area contributed by atoms with E-state index in [1.165, 1.54) is 32.1 Å². The second-order valence-electron chi connectivity index (χ2n) is 8.81. The molecule has 0 radical (unpaired) electrons. The van der Waals surface area contributed by atoms with Gasteiger partial charge in [-0.2, -0.15) is 11.8 Å². The molecule has 1 atom stereocenters. The minimum absolute atomic E-state index is 0.201. The molecule has 30 heavy (non-hydrogen) atoms. The van der Waals surface area contributed by atoms with E-state index < -0.39 is 17.7 Å². The fraction of sp³-hybridized carbons (Fsp3) is 0.652. The van der Waals surface area contributed by atoms with Crippen LogP contribution in [-0.4, -0.2) is 42.3 Å². The number of rotatable bonds is 9. The fourth-order valence-corrected chi connectivity index (χ4v) is 4.67. The minimum atomic E-state index is -0.633. The number of methoxy groups -OCH3 is 1. The van der Waals surface area contributed by atoms with Crippen LogP contribution < -0.4 is 15.4 Å². The number of alkyl carbamates (subject to hydrolysis) is 1. The Morgan fingerprint density at radius 3 is 2.40 bits per heavy atom. The van der Waals surface area contributed by atoms with Crippen molar-refractivity contribution < 1.29 is 19.1 Å². The molecule has 0 spiro atoms. The number of benzene rings is 1. The maximum Gasteiger partial charge on any atom is 0.408 e. The van der Waals surface area contributed by atoms with Crippen LogP contribution in [-0.2, 0) is 16.1 Å². The van der Waals surface area contributed by atoms with Gasteiger partial charge in [0.25, 0.3) is 0 Å². The van der Waals surface area contributed by atoms with E-state index >= 15 is 0 Å². The van der Waals surface area contributed by atoms with E-state index in [0.29, 0.717) is 18.2 Å². The Hall–Kier alpha value is -1.89. The van der Waals surface area contributed by atoms with Crippen LogP contribution >= 0.6 is 11.8 Å². The summed E-state index contributed by atoms with van der Waals surface area (Å²) >= 11 is 1.74. The Labute approximate surface area is 184 Å². The van der Waals surface area contributed by atoms with E-state index in [0.717, 1.165) is 17.1 Å². The molecule has 0 aliphatic heterocycles. The second kappa shape index (κ2) is 12.1. The number of nitrogens with one attached hydrogen (secondary N) is 2. The van der Waals surface area contributed by atoms with Crippen molar-refractivity contribution in [2.24, 2.45) is 5.92 Å². The van der Waals surface area contributed by atoms with Crippen LogP contribution in [0.2, 0.25) is 0 Å². The van der Waals surface area contributed by atoms with E-state index in [2.05, 4.69) is 10.6 Å². The highest BCUT2D eigenvalue weighted by atomic mass is 32.2. The van der Waals surface area contributed by atoms with Gasteiger partial charge in [-0.3, -0.25) is 4.79 Å². The van der Waals surface area contributed by atoms with Crippen molar-refractivity contribution in [3.63, 3.8) is 0 Å². The third-order valence-electron chi connectivity index (χ3n) is 5.00. The molecule has 1 aromatic carbocycles. The number of carbonyl (C=O) groups excluding carboxylic acids is 2. The average Bonchev–Trinajstić information content (AvgIpc) is 2.71. The zero-order valence-corrected chi connectivity index (χ0v) is 19.5. The topological polar surface area (TPSA) is 76.7 Å². The van der Waals surface area contributed by atoms with E-state index in [9.17, 15) is 9.59 Å². The van der Waals surface area contributed by atoms with Gasteiger partial charge in [-0.05, 0) is 63.0 Å². The molecule has 6 nitrogen and oxygen atoms in total. The van der Waals surface area contributed by atoms with Crippen LogP contribution in [0.25, 0.3) is 0 Å². The smallest absolute Gasteiger partial charge is 0.408 e. The Bertz CT molecular complexity index is 667. The van der Waals surface area contributed by atoms with Gasteiger partial charge < -0.3 is 20.1 Å². The molecular weight excluding hydrogens is 400 g/mol. The predicted molar refractivity (Wildman–Crippen MR) is 122 cm³/mol. The molecule has 0 aromatic heterocycles. The summed E-state index contributed by atoms with van der Waals surface area (Å²) in [5.41, 5.74) is 0.360. The number of hydrogen-bond donors (Lipinski definition) is 2. The van der Waals surface area contributed by atoms with Gasteiger partial charge in [-0.1, -0.05) is 31.4 Å². The third kappa shape index (κ3) is 9.28. The van der Waals surface area contributed by atoms with Crippen molar-refractivity contribution in [1.29, 1.82) is 0 Å². The van der Waals surface area contributed by atoms with Crippen LogP contribution in [0.5, 0.6) is 5.75 Å². The Morgan fingerprint density at radius 1 is 1.13 bits per heavy atom. The first-order chi connectivity index (χ1) is 14.3. The summed E-state index contributed by atoms with van der Waals surface area (Å²) in [6.45, 7) is 5.82. The first-order valence-corrected chi connectivity index (χ1v) is 11.9. The summed E-state index contributed by atoms with van der Waals surface area (Å²) in [6.07, 6.45) is 5.89. The number of ether oxygens (including phenoxy) is 2. The quantitative estimate of drug-likeness (QED) is 0.595. The summed E-state index contributed by atoms with van der Waals surface area (Å²) in [4.78, 5) is 25.1. The van der Waals surface area contributed by atoms with Crippen molar-refractivity contribution in [3.05, 3.63) is 29.8 Å². The van der Waals surface area contributed by atoms with Gasteiger partial charge in [0.1, 0.15) is 17.4 Å². The van der Waals surface area contributed by atoms with Crippen LogP contribution in [0.3, 0.4) is 0 Å². The van der Waals surface area contributed by atoms with Gasteiger partial charge in [-0.15, -0.1) is 0 Å². The van der Waals surface area contributed by atoms with Gasteiger partial charge in [0.15, 0.2) is 0 Å². The monoisotopic (exact) mass is 436 g/mol. The molecule has 1 aromatic rings. The zero-order valence-electron chi connectivity index (χ0n) is 18.7. The standard InChI is InChI=1S/C23H36N2O4S/c1-23(2,3)29-22(27)25-20(16-30-15-18-8-6-5-7-9-18)21(26)24-14-17-10-12-19(28-4)13-11-17/h10-13,18,20H,5-9,14-16H2,1-4H3,(H,24,26)(H,25,27)/t20-/m1/s1. The van der Waals surface area contributed by atoms with Crippen LogP contribution in [0.1, 0.15) is 58.4 Å². The van der Waals surface area contributed by atoms with Crippen molar-refractivity contribution in [3.8, 4) is 5.75 Å². The van der Waals surface area contributed by atoms with E-state index in [1.54, 1.807) is 18.9 Å². The Balaban J connectivity index is 1.89. The summed E-state index contributed by atoms with van der Waals surface area (Å²) in [6, 6.07) is 6.91. The molecule has 0 heterocycles. The number of amides is 2. The summed E-state index contributed by atoms with van der Waals surface area (Å²) in [7, 11) is 1.62. The number of thioether (sulfide) groups is 1. The van der Waals surface area contributed by atoms with Gasteiger partial charge in [0.05, 0.1) is 7.11 Å². The highest BCUT2D eigenvalue weighted by Gasteiger charge is 2.25. The summed E-state index contributed by atoms with van der Waals surface area (Å²) < 4.78 is 10.5.